The highest BCUT2D eigenvalue weighted by Crippen LogP contribution is 2.32. The van der Waals surface area contributed by atoms with Crippen LogP contribution in [-0.2, 0) is 12.8 Å². The lowest BCUT2D eigenvalue weighted by molar-refractivity contribution is 0.263. The molecule has 1 aromatic rings. The Hall–Kier alpha value is -2.43. The van der Waals surface area contributed by atoms with Crippen molar-refractivity contribution in [3.8, 4) is 0 Å². The summed E-state index contributed by atoms with van der Waals surface area (Å²) in [5.41, 5.74) is 6.95. The Morgan fingerprint density at radius 2 is 1.69 bits per heavy atom. The zero-order chi connectivity index (χ0) is 23.7. The molecule has 1 fully saturated rings. The van der Waals surface area contributed by atoms with Crippen LogP contribution in [0.3, 0.4) is 0 Å². The molecule has 0 radical (unpaired) electrons. The molecule has 0 spiro atoms. The minimum atomic E-state index is 0.420. The molecule has 1 aliphatic rings. The van der Waals surface area contributed by atoms with Crippen LogP contribution in [0.5, 0.6) is 0 Å². The summed E-state index contributed by atoms with van der Waals surface area (Å²) < 4.78 is 0. The topological polar surface area (TPSA) is 53.4 Å². The van der Waals surface area contributed by atoms with E-state index < -0.39 is 0 Å². The third kappa shape index (κ3) is 6.54. The number of hydrogen-bond donors (Lipinski definition) is 1. The average Bonchev–Trinajstić information content (AvgIpc) is 2.81. The number of allylic oxidation sites excluding steroid dienone is 2. The second-order valence-corrected chi connectivity index (χ2v) is 8.91. The molecule has 0 saturated carbocycles. The lowest BCUT2D eigenvalue weighted by Crippen LogP contribution is -2.34. The van der Waals surface area contributed by atoms with Crippen LogP contribution in [0, 0.1) is 0 Å². The van der Waals surface area contributed by atoms with Gasteiger partial charge < -0.3 is 10.2 Å². The minimum Gasteiger partial charge on any atom is -0.371 e. The van der Waals surface area contributed by atoms with Crippen molar-refractivity contribution >= 4 is 6.72 Å². The van der Waals surface area contributed by atoms with Crippen LogP contribution in [0.25, 0.3) is 0 Å². The summed E-state index contributed by atoms with van der Waals surface area (Å²) in [7, 11) is 0. The predicted molar refractivity (Wildman–Crippen MR) is 137 cm³/mol. The highest BCUT2D eigenvalue weighted by Gasteiger charge is 2.26. The van der Waals surface area contributed by atoms with E-state index in [4.69, 9.17) is 9.97 Å². The zero-order valence-corrected chi connectivity index (χ0v) is 21.2. The molecule has 1 aromatic heterocycles. The van der Waals surface area contributed by atoms with E-state index in [-0.39, 0.29) is 0 Å². The highest BCUT2D eigenvalue weighted by atomic mass is 15.1. The normalized spacial score (nSPS) is 15.2. The van der Waals surface area contributed by atoms with Gasteiger partial charge in [0.05, 0.1) is 0 Å². The molecule has 5 nitrogen and oxygen atoms in total. The highest BCUT2D eigenvalue weighted by molar-refractivity contribution is 5.49. The van der Waals surface area contributed by atoms with E-state index in [1.54, 1.807) is 0 Å². The molecule has 2 heterocycles. The Morgan fingerprint density at radius 3 is 2.16 bits per heavy atom. The molecule has 0 unspecified atom stereocenters. The van der Waals surface area contributed by atoms with Gasteiger partial charge >= 0.3 is 0 Å². The van der Waals surface area contributed by atoms with E-state index >= 15 is 0 Å². The SMILES string of the molecule is C=N/C(NCCCC)=C(\C)C(C(=C)N1CCC(c2nc(CC)cc(CC)n2)CC1)=C(C)C. The number of piperidine rings is 1. The summed E-state index contributed by atoms with van der Waals surface area (Å²) in [6.07, 6.45) is 6.29. The molecular weight excluding hydrogens is 394 g/mol. The number of unbranched alkanes of at least 4 members (excludes halogenated alkanes) is 1. The molecule has 32 heavy (non-hydrogen) atoms. The smallest absolute Gasteiger partial charge is 0.132 e. The first-order chi connectivity index (χ1) is 15.4. The van der Waals surface area contributed by atoms with Gasteiger partial charge in [-0.25, -0.2) is 15.0 Å². The molecular formula is C27H43N5. The molecule has 0 aliphatic carbocycles. The third-order valence-corrected chi connectivity index (χ3v) is 6.32. The van der Waals surface area contributed by atoms with Crippen LogP contribution in [0.1, 0.15) is 90.4 Å². The van der Waals surface area contributed by atoms with Crippen molar-refractivity contribution in [2.45, 2.75) is 86.0 Å². The van der Waals surface area contributed by atoms with E-state index in [1.807, 2.05) is 0 Å². The fourth-order valence-electron chi connectivity index (χ4n) is 4.38. The van der Waals surface area contributed by atoms with Gasteiger partial charge in [0.25, 0.3) is 0 Å². The van der Waals surface area contributed by atoms with Crippen molar-refractivity contribution in [1.29, 1.82) is 0 Å². The number of nitrogens with one attached hydrogen (secondary N) is 1. The van der Waals surface area contributed by atoms with E-state index in [0.717, 1.165) is 92.5 Å². The van der Waals surface area contributed by atoms with Crippen LogP contribution < -0.4 is 5.32 Å². The second-order valence-electron chi connectivity index (χ2n) is 8.91. The molecule has 0 bridgehead atoms. The van der Waals surface area contributed by atoms with Gasteiger partial charge in [0.2, 0.25) is 0 Å². The number of aryl methyl sites for hydroxylation is 2. The predicted octanol–water partition coefficient (Wildman–Crippen LogP) is 5.95. The van der Waals surface area contributed by atoms with Crippen LogP contribution in [0.4, 0.5) is 0 Å². The van der Waals surface area contributed by atoms with Gasteiger partial charge in [0.1, 0.15) is 11.6 Å². The van der Waals surface area contributed by atoms with Gasteiger partial charge in [0.15, 0.2) is 0 Å². The van der Waals surface area contributed by atoms with Crippen LogP contribution in [-0.4, -0.2) is 41.2 Å². The van der Waals surface area contributed by atoms with Gasteiger partial charge in [0, 0.05) is 53.8 Å². The van der Waals surface area contributed by atoms with E-state index in [9.17, 15) is 0 Å². The summed E-state index contributed by atoms with van der Waals surface area (Å²) in [4.78, 5) is 16.4. The first-order valence-electron chi connectivity index (χ1n) is 12.3. The van der Waals surface area contributed by atoms with Gasteiger partial charge in [-0.2, -0.15) is 0 Å². The molecule has 0 aromatic carbocycles. The third-order valence-electron chi connectivity index (χ3n) is 6.32. The van der Waals surface area contributed by atoms with Crippen molar-refractivity contribution in [2.75, 3.05) is 19.6 Å². The maximum absolute atomic E-state index is 4.86. The Balaban J connectivity index is 2.15. The summed E-state index contributed by atoms with van der Waals surface area (Å²) in [5, 5.41) is 3.45. The van der Waals surface area contributed by atoms with Crippen molar-refractivity contribution < 1.29 is 0 Å². The lowest BCUT2D eigenvalue weighted by Gasteiger charge is -2.36. The Morgan fingerprint density at radius 1 is 1.09 bits per heavy atom. The average molecular weight is 438 g/mol. The largest absolute Gasteiger partial charge is 0.371 e. The van der Waals surface area contributed by atoms with E-state index in [1.165, 1.54) is 11.1 Å². The van der Waals surface area contributed by atoms with Gasteiger partial charge in [-0.15, -0.1) is 0 Å². The lowest BCUT2D eigenvalue weighted by atomic mass is 9.92. The standard InChI is InChI=1S/C27H43N5/c1-9-12-15-29-26(28-8)20(6)25(19(4)5)21(7)32-16-13-22(14-17-32)27-30-23(10-2)18-24(11-3)31-27/h18,22,29H,7-17H2,1-6H3/b26-20-. The molecule has 1 saturated heterocycles. The van der Waals surface area contributed by atoms with Gasteiger partial charge in [-0.05, 0) is 65.7 Å². The van der Waals surface area contributed by atoms with Crippen LogP contribution in [0.15, 0.2) is 45.9 Å². The van der Waals surface area contributed by atoms with Crippen molar-refractivity contribution in [2.24, 2.45) is 4.99 Å². The quantitative estimate of drug-likeness (QED) is 0.264. The number of aliphatic imine (C=N–C) groups is 1. The molecule has 0 amide bonds. The van der Waals surface area contributed by atoms with Crippen molar-refractivity contribution in [1.82, 2.24) is 20.2 Å². The molecule has 2 rings (SSSR count). The van der Waals surface area contributed by atoms with Crippen LogP contribution >= 0.6 is 0 Å². The summed E-state index contributed by atoms with van der Waals surface area (Å²) in [6, 6.07) is 2.15. The number of aromatic nitrogens is 2. The number of likely N-dealkylation sites (tertiary alicyclic amines) is 1. The van der Waals surface area contributed by atoms with Gasteiger partial charge in [-0.1, -0.05) is 39.3 Å². The van der Waals surface area contributed by atoms with Gasteiger partial charge in [-0.3, -0.25) is 0 Å². The minimum absolute atomic E-state index is 0.420. The monoisotopic (exact) mass is 437 g/mol. The number of nitrogens with zero attached hydrogens (tertiary/aromatic N) is 4. The van der Waals surface area contributed by atoms with Crippen molar-refractivity contribution in [3.63, 3.8) is 0 Å². The van der Waals surface area contributed by atoms with Crippen LogP contribution in [0.2, 0.25) is 0 Å². The molecule has 1 aliphatic heterocycles. The molecule has 0 atom stereocenters. The first-order valence-corrected chi connectivity index (χ1v) is 12.3. The zero-order valence-electron chi connectivity index (χ0n) is 21.2. The Bertz CT molecular complexity index is 831. The summed E-state index contributed by atoms with van der Waals surface area (Å²) in [5.74, 6) is 2.31. The van der Waals surface area contributed by atoms with E-state index in [2.05, 4.69) is 76.1 Å². The maximum Gasteiger partial charge on any atom is 0.132 e. The summed E-state index contributed by atoms with van der Waals surface area (Å²) >= 11 is 0. The fourth-order valence-corrected chi connectivity index (χ4v) is 4.38. The van der Waals surface area contributed by atoms with E-state index in [0.29, 0.717) is 5.92 Å². The first kappa shape index (κ1) is 25.8. The Labute approximate surface area is 195 Å². The second kappa shape index (κ2) is 12.6. The molecule has 5 heteroatoms. The molecule has 1 N–H and O–H groups in total. The summed E-state index contributed by atoms with van der Waals surface area (Å²) in [6.45, 7) is 24.1. The van der Waals surface area contributed by atoms with Crippen molar-refractivity contribution in [3.05, 3.63) is 58.1 Å². The number of hydrogen-bond acceptors (Lipinski definition) is 5. The maximum atomic E-state index is 4.86. The molecule has 176 valence electrons. The Kier molecular flexibility index (Phi) is 10.1. The number of rotatable bonds is 11. The fraction of sp³-hybridized carbons (Fsp3) is 0.593.